The molecule has 1 aliphatic heterocycles. The molecular formula is C14H17N3O4S. The topological polar surface area (TPSA) is 99.5 Å². The minimum atomic E-state index is -3.39. The van der Waals surface area contributed by atoms with Crippen LogP contribution in [0.15, 0.2) is 24.3 Å². The second-order valence-electron chi connectivity index (χ2n) is 4.78. The lowest BCUT2D eigenvalue weighted by Crippen LogP contribution is -2.43. The number of nitrogens with one attached hydrogen (secondary N) is 1. The Labute approximate surface area is 129 Å². The van der Waals surface area contributed by atoms with E-state index < -0.39 is 15.9 Å². The average molecular weight is 323 g/mol. The predicted octanol–water partition coefficient (Wildman–Crippen LogP) is -0.0499. The third-order valence-electron chi connectivity index (χ3n) is 3.26. The van der Waals surface area contributed by atoms with E-state index in [1.54, 1.807) is 18.2 Å². The van der Waals surface area contributed by atoms with Gasteiger partial charge in [-0.15, -0.1) is 0 Å². The molecule has 22 heavy (non-hydrogen) atoms. The number of nitriles is 1. The van der Waals surface area contributed by atoms with Gasteiger partial charge < -0.3 is 10.1 Å². The summed E-state index contributed by atoms with van der Waals surface area (Å²) in [5.74, 6) is -0.550. The zero-order chi connectivity index (χ0) is 16.0. The number of sulfonamides is 1. The van der Waals surface area contributed by atoms with Crippen molar-refractivity contribution in [3.05, 3.63) is 35.4 Å². The number of amides is 1. The Kier molecular flexibility index (Phi) is 5.49. The zero-order valence-corrected chi connectivity index (χ0v) is 12.8. The number of morpholine rings is 1. The largest absolute Gasteiger partial charge is 0.379 e. The molecule has 0 aromatic heterocycles. The lowest BCUT2D eigenvalue weighted by Gasteiger charge is -2.26. The minimum absolute atomic E-state index is 0.0231. The van der Waals surface area contributed by atoms with E-state index in [-0.39, 0.29) is 12.3 Å². The first-order valence-corrected chi connectivity index (χ1v) is 8.48. The summed E-state index contributed by atoms with van der Waals surface area (Å²) in [6.07, 6.45) is 0. The average Bonchev–Trinajstić information content (AvgIpc) is 2.55. The standard InChI is InChI=1S/C14H17N3O4S/c15-11-12-2-1-3-13(10-12)14(18)16-4-9-22(19,20)17-5-7-21-8-6-17/h1-3,10H,4-9H2,(H,16,18). The Morgan fingerprint density at radius 2 is 2.09 bits per heavy atom. The van der Waals surface area contributed by atoms with Crippen LogP contribution >= 0.6 is 0 Å². The van der Waals surface area contributed by atoms with Crippen LogP contribution in [0.2, 0.25) is 0 Å². The molecule has 0 atom stereocenters. The summed E-state index contributed by atoms with van der Waals surface area (Å²) >= 11 is 0. The fourth-order valence-corrected chi connectivity index (χ4v) is 3.40. The summed E-state index contributed by atoms with van der Waals surface area (Å²) in [7, 11) is -3.39. The molecule has 1 N–H and O–H groups in total. The summed E-state index contributed by atoms with van der Waals surface area (Å²) in [5, 5.41) is 11.4. The van der Waals surface area contributed by atoms with Crippen molar-refractivity contribution in [2.45, 2.75) is 0 Å². The van der Waals surface area contributed by atoms with E-state index in [1.807, 2.05) is 6.07 Å². The van der Waals surface area contributed by atoms with Crippen molar-refractivity contribution in [2.24, 2.45) is 0 Å². The highest BCUT2D eigenvalue weighted by Crippen LogP contribution is 2.06. The molecule has 118 valence electrons. The van der Waals surface area contributed by atoms with Gasteiger partial charge in [0.05, 0.1) is 30.6 Å². The van der Waals surface area contributed by atoms with Crippen LogP contribution in [-0.4, -0.2) is 57.2 Å². The number of hydrogen-bond donors (Lipinski definition) is 1. The number of carbonyl (C=O) groups is 1. The second kappa shape index (κ2) is 7.35. The molecule has 1 aliphatic rings. The van der Waals surface area contributed by atoms with E-state index >= 15 is 0 Å². The van der Waals surface area contributed by atoms with Crippen LogP contribution in [0, 0.1) is 11.3 Å². The van der Waals surface area contributed by atoms with Crippen molar-refractivity contribution in [3.8, 4) is 6.07 Å². The first-order chi connectivity index (χ1) is 10.5. The molecule has 8 heteroatoms. The van der Waals surface area contributed by atoms with Crippen LogP contribution in [0.25, 0.3) is 0 Å². The molecule has 1 amide bonds. The molecule has 1 aromatic rings. The van der Waals surface area contributed by atoms with Crippen LogP contribution < -0.4 is 5.32 Å². The van der Waals surface area contributed by atoms with Crippen molar-refractivity contribution in [1.29, 1.82) is 5.26 Å². The van der Waals surface area contributed by atoms with Gasteiger partial charge in [-0.2, -0.15) is 9.57 Å². The predicted molar refractivity (Wildman–Crippen MR) is 79.7 cm³/mol. The van der Waals surface area contributed by atoms with Crippen LogP contribution in [0.4, 0.5) is 0 Å². The number of hydrogen-bond acceptors (Lipinski definition) is 5. The maximum absolute atomic E-state index is 12.1. The third kappa shape index (κ3) is 4.27. The van der Waals surface area contributed by atoms with Gasteiger partial charge in [-0.05, 0) is 18.2 Å². The van der Waals surface area contributed by atoms with Gasteiger partial charge in [0.15, 0.2) is 0 Å². The van der Waals surface area contributed by atoms with Gasteiger partial charge in [0, 0.05) is 25.2 Å². The van der Waals surface area contributed by atoms with E-state index in [1.165, 1.54) is 10.4 Å². The molecule has 1 heterocycles. The molecule has 1 saturated heterocycles. The van der Waals surface area contributed by atoms with Crippen molar-refractivity contribution in [2.75, 3.05) is 38.6 Å². The van der Waals surface area contributed by atoms with Crippen molar-refractivity contribution >= 4 is 15.9 Å². The van der Waals surface area contributed by atoms with E-state index in [4.69, 9.17) is 10.00 Å². The molecule has 2 rings (SSSR count). The molecule has 0 saturated carbocycles. The minimum Gasteiger partial charge on any atom is -0.379 e. The molecule has 0 unspecified atom stereocenters. The fourth-order valence-electron chi connectivity index (χ4n) is 2.08. The van der Waals surface area contributed by atoms with Crippen molar-refractivity contribution in [3.63, 3.8) is 0 Å². The summed E-state index contributed by atoms with van der Waals surface area (Å²) < 4.78 is 30.6. The maximum atomic E-state index is 12.1. The Morgan fingerprint density at radius 1 is 1.36 bits per heavy atom. The van der Waals surface area contributed by atoms with Gasteiger partial charge in [0.25, 0.3) is 5.91 Å². The third-order valence-corrected chi connectivity index (χ3v) is 5.13. The number of nitrogens with zero attached hydrogens (tertiary/aromatic N) is 2. The van der Waals surface area contributed by atoms with Gasteiger partial charge in [0.1, 0.15) is 0 Å². The normalized spacial score (nSPS) is 16.0. The second-order valence-corrected chi connectivity index (χ2v) is 6.86. The Morgan fingerprint density at radius 3 is 2.77 bits per heavy atom. The lowest BCUT2D eigenvalue weighted by molar-refractivity contribution is 0.0730. The molecule has 0 bridgehead atoms. The van der Waals surface area contributed by atoms with Crippen LogP contribution in [-0.2, 0) is 14.8 Å². The first kappa shape index (κ1) is 16.4. The van der Waals surface area contributed by atoms with Gasteiger partial charge in [-0.25, -0.2) is 8.42 Å². The molecule has 1 aromatic carbocycles. The fraction of sp³-hybridized carbons (Fsp3) is 0.429. The van der Waals surface area contributed by atoms with Gasteiger partial charge in [0.2, 0.25) is 10.0 Å². The highest BCUT2D eigenvalue weighted by Gasteiger charge is 2.23. The SMILES string of the molecule is N#Cc1cccc(C(=O)NCCS(=O)(=O)N2CCOCC2)c1. The van der Waals surface area contributed by atoms with Gasteiger partial charge in [-0.3, -0.25) is 4.79 Å². The Hall–Kier alpha value is -1.95. The lowest BCUT2D eigenvalue weighted by atomic mass is 10.1. The monoisotopic (exact) mass is 323 g/mol. The van der Waals surface area contributed by atoms with Gasteiger partial charge >= 0.3 is 0 Å². The van der Waals surface area contributed by atoms with E-state index in [0.29, 0.717) is 37.4 Å². The van der Waals surface area contributed by atoms with Crippen LogP contribution in [0.5, 0.6) is 0 Å². The van der Waals surface area contributed by atoms with E-state index in [2.05, 4.69) is 5.32 Å². The molecule has 0 aliphatic carbocycles. The maximum Gasteiger partial charge on any atom is 0.251 e. The quantitative estimate of drug-likeness (QED) is 0.819. The van der Waals surface area contributed by atoms with Crippen molar-refractivity contribution in [1.82, 2.24) is 9.62 Å². The number of ether oxygens (including phenoxy) is 1. The molecular weight excluding hydrogens is 306 g/mol. The first-order valence-electron chi connectivity index (χ1n) is 6.87. The Balaban J connectivity index is 1.87. The summed E-state index contributed by atoms with van der Waals surface area (Å²) in [6.45, 7) is 1.51. The Bertz CT molecular complexity index is 676. The van der Waals surface area contributed by atoms with Crippen LogP contribution in [0.1, 0.15) is 15.9 Å². The zero-order valence-electron chi connectivity index (χ0n) is 12.0. The summed E-state index contributed by atoms with van der Waals surface area (Å²) in [4.78, 5) is 11.9. The van der Waals surface area contributed by atoms with Crippen LogP contribution in [0.3, 0.4) is 0 Å². The summed E-state index contributed by atoms with van der Waals surface area (Å²) in [6, 6.07) is 8.20. The molecule has 0 radical (unpaired) electrons. The number of benzene rings is 1. The smallest absolute Gasteiger partial charge is 0.251 e. The highest BCUT2D eigenvalue weighted by molar-refractivity contribution is 7.89. The van der Waals surface area contributed by atoms with E-state index in [9.17, 15) is 13.2 Å². The number of rotatable bonds is 5. The molecule has 7 nitrogen and oxygen atoms in total. The summed E-state index contributed by atoms with van der Waals surface area (Å²) in [5.41, 5.74) is 0.719. The molecule has 1 fully saturated rings. The van der Waals surface area contributed by atoms with E-state index in [0.717, 1.165) is 0 Å². The van der Waals surface area contributed by atoms with Crippen molar-refractivity contribution < 1.29 is 17.9 Å². The molecule has 0 spiro atoms. The van der Waals surface area contributed by atoms with Gasteiger partial charge in [-0.1, -0.05) is 6.07 Å². The highest BCUT2D eigenvalue weighted by atomic mass is 32.2. The number of carbonyl (C=O) groups excluding carboxylic acids is 1.